The van der Waals surface area contributed by atoms with Gasteiger partial charge in [0.25, 0.3) is 10.0 Å². The van der Waals surface area contributed by atoms with E-state index >= 15 is 0 Å². The number of amides is 2. The van der Waals surface area contributed by atoms with E-state index in [1.54, 1.807) is 55.6 Å². The lowest BCUT2D eigenvalue weighted by Gasteiger charge is -2.35. The van der Waals surface area contributed by atoms with Gasteiger partial charge in [0.05, 0.1) is 17.7 Å². The minimum Gasteiger partial charge on any atom is -0.497 e. The van der Waals surface area contributed by atoms with E-state index in [2.05, 4.69) is 5.32 Å². The second-order valence-electron chi connectivity index (χ2n) is 10.8. The zero-order valence-corrected chi connectivity index (χ0v) is 25.9. The number of ether oxygens (including phenoxy) is 1. The molecule has 0 aliphatic rings. The lowest BCUT2D eigenvalue weighted by Crippen LogP contribution is -2.55. The Labute approximate surface area is 248 Å². The first-order valence-electron chi connectivity index (χ1n) is 13.3. The Hall–Kier alpha value is -3.56. The molecule has 0 bridgehead atoms. The number of carbonyl (C=O) groups is 2. The van der Waals surface area contributed by atoms with Gasteiger partial charge >= 0.3 is 0 Å². The lowest BCUT2D eigenvalue weighted by atomic mass is 10.1. The number of carbonyl (C=O) groups excluding carboxylic acids is 2. The SMILES string of the molecule is CC[C@H](C(=O)NC(C)(C)C)N(Cc1cccc(OC)c1)C(=O)CN(c1ccc(C)c(Cl)c1)S(=O)(=O)c1ccccc1. The number of anilines is 1. The van der Waals surface area contributed by atoms with Gasteiger partial charge in [-0.25, -0.2) is 8.42 Å². The first-order valence-corrected chi connectivity index (χ1v) is 15.2. The average molecular weight is 600 g/mol. The number of aryl methyl sites for hydroxylation is 1. The van der Waals surface area contributed by atoms with Crippen molar-refractivity contribution in [2.75, 3.05) is 18.0 Å². The van der Waals surface area contributed by atoms with Gasteiger partial charge in [-0.1, -0.05) is 54.9 Å². The molecule has 3 aromatic carbocycles. The second kappa shape index (κ2) is 13.4. The summed E-state index contributed by atoms with van der Waals surface area (Å²) in [6.07, 6.45) is 0.319. The molecule has 0 saturated carbocycles. The van der Waals surface area contributed by atoms with Crippen molar-refractivity contribution in [1.29, 1.82) is 0 Å². The zero-order chi connectivity index (χ0) is 30.4. The van der Waals surface area contributed by atoms with E-state index in [1.165, 1.54) is 23.1 Å². The maximum absolute atomic E-state index is 14.2. The second-order valence-corrected chi connectivity index (χ2v) is 13.1. The predicted octanol–water partition coefficient (Wildman–Crippen LogP) is 5.57. The smallest absolute Gasteiger partial charge is 0.264 e. The van der Waals surface area contributed by atoms with Crippen molar-refractivity contribution in [3.8, 4) is 5.75 Å². The van der Waals surface area contributed by atoms with Crippen molar-refractivity contribution in [2.45, 2.75) is 64.1 Å². The lowest BCUT2D eigenvalue weighted by molar-refractivity contribution is -0.141. The molecule has 0 heterocycles. The topological polar surface area (TPSA) is 96.0 Å². The van der Waals surface area contributed by atoms with Crippen LogP contribution in [0.5, 0.6) is 5.75 Å². The molecule has 1 atom stereocenters. The minimum atomic E-state index is -4.17. The largest absolute Gasteiger partial charge is 0.497 e. The van der Waals surface area contributed by atoms with Gasteiger partial charge in [-0.05, 0) is 81.6 Å². The van der Waals surface area contributed by atoms with Crippen LogP contribution >= 0.6 is 11.6 Å². The molecular weight excluding hydrogens is 562 g/mol. The Morgan fingerprint density at radius 1 is 1.00 bits per heavy atom. The van der Waals surface area contributed by atoms with Gasteiger partial charge in [-0.3, -0.25) is 13.9 Å². The van der Waals surface area contributed by atoms with E-state index in [0.717, 1.165) is 15.4 Å². The first kappa shape index (κ1) is 32.0. The van der Waals surface area contributed by atoms with Crippen LogP contribution in [0.3, 0.4) is 0 Å². The van der Waals surface area contributed by atoms with E-state index in [-0.39, 0.29) is 23.0 Å². The van der Waals surface area contributed by atoms with Crippen molar-refractivity contribution in [3.63, 3.8) is 0 Å². The van der Waals surface area contributed by atoms with Crippen LogP contribution in [0.4, 0.5) is 5.69 Å². The summed E-state index contributed by atoms with van der Waals surface area (Å²) in [6, 6.07) is 19.1. The molecule has 0 spiro atoms. The summed E-state index contributed by atoms with van der Waals surface area (Å²) < 4.78 is 34.2. The highest BCUT2D eigenvalue weighted by molar-refractivity contribution is 7.92. The van der Waals surface area contributed by atoms with E-state index < -0.39 is 34.1 Å². The third-order valence-electron chi connectivity index (χ3n) is 6.42. The molecule has 3 rings (SSSR count). The highest BCUT2D eigenvalue weighted by Crippen LogP contribution is 2.29. The summed E-state index contributed by atoms with van der Waals surface area (Å²) in [4.78, 5) is 29.0. The van der Waals surface area contributed by atoms with Crippen LogP contribution in [0, 0.1) is 6.92 Å². The Morgan fingerprint density at radius 2 is 1.68 bits per heavy atom. The molecule has 0 radical (unpaired) electrons. The molecule has 10 heteroatoms. The summed E-state index contributed by atoms with van der Waals surface area (Å²) in [5.41, 5.74) is 1.21. The maximum Gasteiger partial charge on any atom is 0.264 e. The third kappa shape index (κ3) is 8.24. The fraction of sp³-hybridized carbons (Fsp3) is 0.355. The Morgan fingerprint density at radius 3 is 2.27 bits per heavy atom. The summed E-state index contributed by atoms with van der Waals surface area (Å²) in [5, 5.41) is 3.33. The molecular formula is C31H38ClN3O5S. The monoisotopic (exact) mass is 599 g/mol. The van der Waals surface area contributed by atoms with Crippen LogP contribution in [0.15, 0.2) is 77.7 Å². The molecule has 0 aliphatic heterocycles. The van der Waals surface area contributed by atoms with Crippen molar-refractivity contribution in [2.24, 2.45) is 0 Å². The normalized spacial score (nSPS) is 12.4. The van der Waals surface area contributed by atoms with Crippen molar-refractivity contribution < 1.29 is 22.7 Å². The minimum absolute atomic E-state index is 0.0290. The molecule has 1 N–H and O–H groups in total. The number of methoxy groups -OCH3 is 1. The number of benzene rings is 3. The fourth-order valence-electron chi connectivity index (χ4n) is 4.33. The maximum atomic E-state index is 14.2. The number of nitrogens with one attached hydrogen (secondary N) is 1. The van der Waals surface area contributed by atoms with E-state index in [0.29, 0.717) is 17.2 Å². The van der Waals surface area contributed by atoms with Gasteiger partial charge in [0.15, 0.2) is 0 Å². The van der Waals surface area contributed by atoms with Gasteiger partial charge < -0.3 is 15.0 Å². The number of nitrogens with zero attached hydrogens (tertiary/aromatic N) is 2. The van der Waals surface area contributed by atoms with Crippen LogP contribution < -0.4 is 14.4 Å². The van der Waals surface area contributed by atoms with Crippen molar-refractivity contribution >= 4 is 39.1 Å². The summed E-state index contributed by atoms with van der Waals surface area (Å²) in [5.74, 6) is -0.267. The standard InChI is InChI=1S/C31H38ClN3O5S/c1-7-28(30(37)33-31(3,4)5)34(20-23-12-11-13-25(18-23)40-6)29(36)21-35(24-17-16-22(2)27(32)19-24)41(38,39)26-14-9-8-10-15-26/h8-19,28H,7,20-21H2,1-6H3,(H,33,37)/t28-/m1/s1. The summed E-state index contributed by atoms with van der Waals surface area (Å²) in [7, 11) is -2.62. The molecule has 0 saturated heterocycles. The highest BCUT2D eigenvalue weighted by atomic mass is 35.5. The average Bonchev–Trinajstić information content (AvgIpc) is 2.92. The van der Waals surface area contributed by atoms with Gasteiger partial charge in [0.1, 0.15) is 18.3 Å². The van der Waals surface area contributed by atoms with Gasteiger partial charge in [0, 0.05) is 17.1 Å². The number of sulfonamides is 1. The number of rotatable bonds is 11. The summed E-state index contributed by atoms with van der Waals surface area (Å²) >= 11 is 6.38. The predicted molar refractivity (Wildman–Crippen MR) is 163 cm³/mol. The molecule has 3 aromatic rings. The van der Waals surface area contributed by atoms with Crippen LogP contribution in [-0.2, 0) is 26.2 Å². The van der Waals surface area contributed by atoms with Crippen LogP contribution in [-0.4, -0.2) is 50.4 Å². The number of halogens is 1. The zero-order valence-electron chi connectivity index (χ0n) is 24.3. The molecule has 0 unspecified atom stereocenters. The van der Waals surface area contributed by atoms with Crippen LogP contribution in [0.1, 0.15) is 45.2 Å². The molecule has 0 aliphatic carbocycles. The quantitative estimate of drug-likeness (QED) is 0.311. The number of hydrogen-bond acceptors (Lipinski definition) is 5. The van der Waals surface area contributed by atoms with Crippen molar-refractivity contribution in [3.05, 3.63) is 88.9 Å². The fourth-order valence-corrected chi connectivity index (χ4v) is 5.93. The molecule has 0 fully saturated rings. The van der Waals surface area contributed by atoms with Gasteiger partial charge in [-0.15, -0.1) is 0 Å². The van der Waals surface area contributed by atoms with Gasteiger partial charge in [0.2, 0.25) is 11.8 Å². The summed E-state index contributed by atoms with van der Waals surface area (Å²) in [6.45, 7) is 8.74. The van der Waals surface area contributed by atoms with Crippen LogP contribution in [0.25, 0.3) is 0 Å². The third-order valence-corrected chi connectivity index (χ3v) is 8.62. The molecule has 41 heavy (non-hydrogen) atoms. The van der Waals surface area contributed by atoms with Gasteiger partial charge in [-0.2, -0.15) is 0 Å². The molecule has 0 aromatic heterocycles. The Bertz CT molecular complexity index is 1470. The van der Waals surface area contributed by atoms with Crippen LogP contribution in [0.2, 0.25) is 5.02 Å². The highest BCUT2D eigenvalue weighted by Gasteiger charge is 2.34. The van der Waals surface area contributed by atoms with E-state index in [9.17, 15) is 18.0 Å². The molecule has 8 nitrogen and oxygen atoms in total. The van der Waals surface area contributed by atoms with Crippen molar-refractivity contribution in [1.82, 2.24) is 10.2 Å². The van der Waals surface area contributed by atoms with E-state index in [1.807, 2.05) is 40.7 Å². The Kier molecular flexibility index (Phi) is 10.4. The molecule has 220 valence electrons. The number of hydrogen-bond donors (Lipinski definition) is 1. The Balaban J connectivity index is 2.09. The molecule has 2 amide bonds. The first-order chi connectivity index (χ1) is 19.3. The van der Waals surface area contributed by atoms with E-state index in [4.69, 9.17) is 16.3 Å².